The first-order valence-electron chi connectivity index (χ1n) is 5.56. The van der Waals surface area contributed by atoms with Gasteiger partial charge in [0.15, 0.2) is 0 Å². The average molecular weight is 367 g/mol. The van der Waals surface area contributed by atoms with E-state index in [0.29, 0.717) is 5.56 Å². The first kappa shape index (κ1) is 15.3. The lowest BCUT2D eigenvalue weighted by Gasteiger charge is -2.11. The van der Waals surface area contributed by atoms with Crippen LogP contribution in [0.25, 0.3) is 0 Å². The van der Waals surface area contributed by atoms with Crippen molar-refractivity contribution >= 4 is 27.3 Å². The Kier molecular flexibility index (Phi) is 4.41. The van der Waals surface area contributed by atoms with Crippen LogP contribution in [0.5, 0.6) is 5.75 Å². The van der Waals surface area contributed by atoms with E-state index in [1.807, 2.05) is 6.92 Å². The van der Waals surface area contributed by atoms with Gasteiger partial charge in [-0.25, -0.2) is 0 Å². The fourth-order valence-electron chi connectivity index (χ4n) is 1.63. The van der Waals surface area contributed by atoms with Crippen LogP contribution in [-0.2, 0) is 0 Å². The summed E-state index contributed by atoms with van der Waals surface area (Å²) in [4.78, 5) is 1.75. The van der Waals surface area contributed by atoms with Gasteiger partial charge in [0.1, 0.15) is 11.9 Å². The lowest BCUT2D eigenvalue weighted by Crippen LogP contribution is -2.17. The van der Waals surface area contributed by atoms with Crippen LogP contribution in [0, 0.1) is 6.92 Å². The summed E-state index contributed by atoms with van der Waals surface area (Å²) < 4.78 is 40.8. The van der Waals surface area contributed by atoms with Gasteiger partial charge in [-0.2, -0.15) is 0 Å². The van der Waals surface area contributed by atoms with Crippen molar-refractivity contribution in [2.24, 2.45) is 0 Å². The zero-order valence-electron chi connectivity index (χ0n) is 10.2. The van der Waals surface area contributed by atoms with Gasteiger partial charge in [-0.15, -0.1) is 24.5 Å². The molecule has 2 aromatic rings. The Morgan fingerprint density at radius 3 is 2.30 bits per heavy atom. The molecule has 1 aromatic carbocycles. The average Bonchev–Trinajstić information content (AvgIpc) is 2.68. The maximum Gasteiger partial charge on any atom is 0.573 e. The lowest BCUT2D eigenvalue weighted by atomic mass is 10.1. The number of benzene rings is 1. The van der Waals surface area contributed by atoms with Crippen LogP contribution < -0.4 is 4.74 Å². The summed E-state index contributed by atoms with van der Waals surface area (Å²) in [6.45, 7) is 1.91. The Hall–Kier alpha value is -1.05. The maximum absolute atomic E-state index is 12.0. The summed E-state index contributed by atoms with van der Waals surface area (Å²) in [6, 6.07) is 6.98. The van der Waals surface area contributed by atoms with E-state index in [1.54, 1.807) is 6.07 Å². The molecule has 0 saturated heterocycles. The Morgan fingerprint density at radius 2 is 1.85 bits per heavy atom. The predicted octanol–water partition coefficient (Wildman–Crippen LogP) is 4.80. The number of rotatable bonds is 3. The number of hydrogen-bond acceptors (Lipinski definition) is 3. The molecule has 0 amide bonds. The van der Waals surface area contributed by atoms with Crippen LogP contribution in [-0.4, -0.2) is 11.5 Å². The van der Waals surface area contributed by atoms with Gasteiger partial charge in [-0.1, -0.05) is 12.1 Å². The predicted molar refractivity (Wildman–Crippen MR) is 73.9 cm³/mol. The summed E-state index contributed by atoms with van der Waals surface area (Å²) >= 11 is 4.78. The van der Waals surface area contributed by atoms with Crippen LogP contribution >= 0.6 is 27.3 Å². The van der Waals surface area contributed by atoms with Gasteiger partial charge in [0.2, 0.25) is 0 Å². The van der Waals surface area contributed by atoms with Crippen LogP contribution in [0.1, 0.15) is 21.4 Å². The number of aliphatic hydroxyl groups is 1. The molecule has 0 aliphatic heterocycles. The van der Waals surface area contributed by atoms with Gasteiger partial charge < -0.3 is 9.84 Å². The summed E-state index contributed by atoms with van der Waals surface area (Å²) in [5.41, 5.74) is 0.508. The van der Waals surface area contributed by atoms with Crippen molar-refractivity contribution < 1.29 is 23.0 Å². The number of ether oxygens (including phenoxy) is 1. The second-order valence-corrected chi connectivity index (χ2v) is 6.21. The minimum absolute atomic E-state index is 0.308. The molecule has 0 radical (unpaired) electrons. The number of thiophene rings is 1. The zero-order valence-corrected chi connectivity index (χ0v) is 12.6. The molecular formula is C13H10BrF3O2S. The van der Waals surface area contributed by atoms with Gasteiger partial charge in [0, 0.05) is 14.2 Å². The molecule has 7 heteroatoms. The highest BCUT2D eigenvalue weighted by atomic mass is 79.9. The molecule has 0 fully saturated rings. The van der Waals surface area contributed by atoms with Crippen molar-refractivity contribution in [3.05, 3.63) is 50.1 Å². The summed E-state index contributed by atoms with van der Waals surface area (Å²) in [6.07, 6.45) is -5.58. The SMILES string of the molecule is Cc1sc(C(O)c2ccc(OC(F)(F)F)cc2)cc1Br. The quantitative estimate of drug-likeness (QED) is 0.845. The number of aliphatic hydroxyl groups excluding tert-OH is 1. The van der Waals surface area contributed by atoms with Crippen molar-refractivity contribution in [3.8, 4) is 5.75 Å². The molecular weight excluding hydrogens is 357 g/mol. The second-order valence-electron chi connectivity index (χ2n) is 4.07. The van der Waals surface area contributed by atoms with Crippen molar-refractivity contribution in [1.82, 2.24) is 0 Å². The molecule has 1 unspecified atom stereocenters. The highest BCUT2D eigenvalue weighted by Crippen LogP contribution is 2.34. The maximum atomic E-state index is 12.0. The molecule has 2 nitrogen and oxygen atoms in total. The third-order valence-electron chi connectivity index (χ3n) is 2.58. The lowest BCUT2D eigenvalue weighted by molar-refractivity contribution is -0.274. The molecule has 0 aliphatic rings. The third kappa shape index (κ3) is 3.74. The van der Waals surface area contributed by atoms with Crippen LogP contribution in [0.4, 0.5) is 13.2 Å². The molecule has 1 N–H and O–H groups in total. The topological polar surface area (TPSA) is 29.5 Å². The van der Waals surface area contributed by atoms with E-state index >= 15 is 0 Å². The number of hydrogen-bond donors (Lipinski definition) is 1. The molecule has 0 bridgehead atoms. The van der Waals surface area contributed by atoms with E-state index in [9.17, 15) is 18.3 Å². The normalized spacial score (nSPS) is 13.3. The summed E-state index contributed by atoms with van der Waals surface area (Å²) in [5.74, 6) is -0.308. The number of aryl methyl sites for hydroxylation is 1. The first-order chi connectivity index (χ1) is 9.26. The molecule has 0 saturated carbocycles. The van der Waals surface area contributed by atoms with Crippen LogP contribution in [0.2, 0.25) is 0 Å². The monoisotopic (exact) mass is 366 g/mol. The van der Waals surface area contributed by atoms with Gasteiger partial charge in [-0.05, 0) is 46.6 Å². The number of alkyl halides is 3. The fraction of sp³-hybridized carbons (Fsp3) is 0.231. The largest absolute Gasteiger partial charge is 0.573 e. The highest BCUT2D eigenvalue weighted by molar-refractivity contribution is 9.10. The molecule has 108 valence electrons. The molecule has 1 heterocycles. The van der Waals surface area contributed by atoms with E-state index in [2.05, 4.69) is 20.7 Å². The van der Waals surface area contributed by atoms with Crippen molar-refractivity contribution in [2.75, 3.05) is 0 Å². The Labute approximate surface area is 125 Å². The van der Waals surface area contributed by atoms with Gasteiger partial charge in [-0.3, -0.25) is 0 Å². The first-order valence-corrected chi connectivity index (χ1v) is 7.17. The minimum atomic E-state index is -4.71. The van der Waals surface area contributed by atoms with Gasteiger partial charge in [0.25, 0.3) is 0 Å². The van der Waals surface area contributed by atoms with Crippen molar-refractivity contribution in [2.45, 2.75) is 19.4 Å². The summed E-state index contributed by atoms with van der Waals surface area (Å²) in [7, 11) is 0. The van der Waals surface area contributed by atoms with E-state index in [0.717, 1.165) is 14.2 Å². The van der Waals surface area contributed by atoms with Crippen LogP contribution in [0.15, 0.2) is 34.8 Å². The molecule has 0 spiro atoms. The molecule has 1 atom stereocenters. The Morgan fingerprint density at radius 1 is 1.25 bits per heavy atom. The van der Waals surface area contributed by atoms with Gasteiger partial charge in [0.05, 0.1) is 0 Å². The van der Waals surface area contributed by atoms with Gasteiger partial charge >= 0.3 is 6.36 Å². The van der Waals surface area contributed by atoms with E-state index in [4.69, 9.17) is 0 Å². The highest BCUT2D eigenvalue weighted by Gasteiger charge is 2.31. The smallest absolute Gasteiger partial charge is 0.406 e. The molecule has 0 aliphatic carbocycles. The minimum Gasteiger partial charge on any atom is -0.406 e. The van der Waals surface area contributed by atoms with Crippen molar-refractivity contribution in [3.63, 3.8) is 0 Å². The molecule has 1 aromatic heterocycles. The number of halogens is 4. The second kappa shape index (κ2) is 5.75. The standard InChI is InChI=1S/C13H10BrF3O2S/c1-7-10(14)6-11(20-7)12(18)8-2-4-9(5-3-8)19-13(15,16)17/h2-6,12,18H,1H3. The Bertz CT molecular complexity index is 573. The van der Waals surface area contributed by atoms with Crippen LogP contribution in [0.3, 0.4) is 0 Å². The third-order valence-corrected chi connectivity index (χ3v) is 4.76. The molecule has 20 heavy (non-hydrogen) atoms. The van der Waals surface area contributed by atoms with E-state index in [1.165, 1.54) is 35.6 Å². The Balaban J connectivity index is 2.17. The molecule has 2 rings (SSSR count). The van der Waals surface area contributed by atoms with E-state index < -0.39 is 12.5 Å². The zero-order chi connectivity index (χ0) is 14.9. The fourth-order valence-corrected chi connectivity index (χ4v) is 3.21. The van der Waals surface area contributed by atoms with E-state index in [-0.39, 0.29) is 5.75 Å². The summed E-state index contributed by atoms with van der Waals surface area (Å²) in [5, 5.41) is 10.2. The van der Waals surface area contributed by atoms with Crippen molar-refractivity contribution in [1.29, 1.82) is 0 Å².